The standard InChI is InChI=1S/C16H24N2O3/c1-12-4-5-14(15(10-12)20-3)21-9-7-16(19)18(2)13-6-8-17-11-13/h4-5,10,13,17H,6-9,11H2,1-3H3/t13-/m1/s1. The summed E-state index contributed by atoms with van der Waals surface area (Å²) in [6, 6.07) is 6.08. The Balaban J connectivity index is 1.82. The molecule has 21 heavy (non-hydrogen) atoms. The molecule has 2 rings (SSSR count). The van der Waals surface area contributed by atoms with Crippen molar-refractivity contribution < 1.29 is 14.3 Å². The first-order valence-electron chi connectivity index (χ1n) is 7.35. The lowest BCUT2D eigenvalue weighted by molar-refractivity contribution is -0.132. The number of benzene rings is 1. The van der Waals surface area contributed by atoms with Gasteiger partial charge >= 0.3 is 0 Å². The third-order valence-electron chi connectivity index (χ3n) is 3.87. The minimum Gasteiger partial charge on any atom is -0.493 e. The zero-order valence-electron chi connectivity index (χ0n) is 13.0. The van der Waals surface area contributed by atoms with Crippen LogP contribution in [0.4, 0.5) is 0 Å². The molecule has 0 saturated carbocycles. The molecule has 1 saturated heterocycles. The molecule has 0 spiro atoms. The van der Waals surface area contributed by atoms with E-state index in [2.05, 4.69) is 5.32 Å². The smallest absolute Gasteiger partial charge is 0.226 e. The molecule has 116 valence electrons. The molecular formula is C16H24N2O3. The van der Waals surface area contributed by atoms with Crippen LogP contribution in [0.15, 0.2) is 18.2 Å². The number of likely N-dealkylation sites (N-methyl/N-ethyl adjacent to an activating group) is 1. The Hall–Kier alpha value is -1.75. The lowest BCUT2D eigenvalue weighted by Gasteiger charge is -2.23. The van der Waals surface area contributed by atoms with Gasteiger partial charge in [0, 0.05) is 19.6 Å². The van der Waals surface area contributed by atoms with Gasteiger partial charge in [0.2, 0.25) is 5.91 Å². The molecule has 0 aliphatic carbocycles. The summed E-state index contributed by atoms with van der Waals surface area (Å²) in [4.78, 5) is 13.9. The van der Waals surface area contributed by atoms with Crippen LogP contribution in [-0.2, 0) is 4.79 Å². The molecule has 0 unspecified atom stereocenters. The van der Waals surface area contributed by atoms with Gasteiger partial charge in [0.1, 0.15) is 0 Å². The number of hydrogen-bond acceptors (Lipinski definition) is 4. The molecule has 1 atom stereocenters. The monoisotopic (exact) mass is 292 g/mol. The molecule has 0 aromatic heterocycles. The highest BCUT2D eigenvalue weighted by Gasteiger charge is 2.22. The second-order valence-corrected chi connectivity index (χ2v) is 5.40. The van der Waals surface area contributed by atoms with Crippen LogP contribution in [0.2, 0.25) is 0 Å². The summed E-state index contributed by atoms with van der Waals surface area (Å²) in [5, 5.41) is 3.27. The number of nitrogens with zero attached hydrogens (tertiary/aromatic N) is 1. The average Bonchev–Trinajstić information content (AvgIpc) is 3.01. The molecule has 1 aliphatic rings. The number of nitrogens with one attached hydrogen (secondary N) is 1. The van der Waals surface area contributed by atoms with Crippen molar-refractivity contribution in [1.82, 2.24) is 10.2 Å². The van der Waals surface area contributed by atoms with Gasteiger partial charge < -0.3 is 19.7 Å². The fraction of sp³-hybridized carbons (Fsp3) is 0.562. The van der Waals surface area contributed by atoms with Crippen LogP contribution in [-0.4, -0.2) is 50.7 Å². The highest BCUT2D eigenvalue weighted by atomic mass is 16.5. The summed E-state index contributed by atoms with van der Waals surface area (Å²) in [6.07, 6.45) is 1.40. The van der Waals surface area contributed by atoms with Gasteiger partial charge in [-0.05, 0) is 37.6 Å². The number of carbonyl (C=O) groups excluding carboxylic acids is 1. The van der Waals surface area contributed by atoms with Gasteiger partial charge in [0.05, 0.1) is 20.1 Å². The maximum absolute atomic E-state index is 12.1. The molecule has 1 aromatic carbocycles. The molecular weight excluding hydrogens is 268 g/mol. The van der Waals surface area contributed by atoms with Crippen LogP contribution in [0, 0.1) is 6.92 Å². The van der Waals surface area contributed by atoms with Crippen molar-refractivity contribution in [2.45, 2.75) is 25.8 Å². The van der Waals surface area contributed by atoms with E-state index in [9.17, 15) is 4.79 Å². The number of amides is 1. The lowest BCUT2D eigenvalue weighted by Crippen LogP contribution is -2.38. The first-order chi connectivity index (χ1) is 10.1. The second-order valence-electron chi connectivity index (χ2n) is 5.40. The second kappa shape index (κ2) is 7.31. The highest BCUT2D eigenvalue weighted by molar-refractivity contribution is 5.76. The van der Waals surface area contributed by atoms with E-state index in [1.54, 1.807) is 7.11 Å². The van der Waals surface area contributed by atoms with E-state index in [0.717, 1.165) is 25.1 Å². The van der Waals surface area contributed by atoms with Crippen molar-refractivity contribution >= 4 is 5.91 Å². The van der Waals surface area contributed by atoms with Gasteiger partial charge in [-0.2, -0.15) is 0 Å². The summed E-state index contributed by atoms with van der Waals surface area (Å²) in [5.74, 6) is 1.51. The number of rotatable bonds is 6. The molecule has 1 aromatic rings. The molecule has 5 nitrogen and oxygen atoms in total. The van der Waals surface area contributed by atoms with Crippen molar-refractivity contribution in [2.24, 2.45) is 0 Å². The Labute approximate surface area is 126 Å². The number of aryl methyl sites for hydroxylation is 1. The summed E-state index contributed by atoms with van der Waals surface area (Å²) in [7, 11) is 3.49. The van der Waals surface area contributed by atoms with E-state index in [-0.39, 0.29) is 5.91 Å². The largest absolute Gasteiger partial charge is 0.493 e. The van der Waals surface area contributed by atoms with Crippen LogP contribution in [0.1, 0.15) is 18.4 Å². The van der Waals surface area contributed by atoms with E-state index in [4.69, 9.17) is 9.47 Å². The number of methoxy groups -OCH3 is 1. The normalized spacial score (nSPS) is 17.6. The van der Waals surface area contributed by atoms with Crippen molar-refractivity contribution in [1.29, 1.82) is 0 Å². The molecule has 1 aliphatic heterocycles. The molecule has 1 fully saturated rings. The van der Waals surface area contributed by atoms with Gasteiger partial charge in [0.25, 0.3) is 0 Å². The van der Waals surface area contributed by atoms with Crippen LogP contribution in [0.25, 0.3) is 0 Å². The van der Waals surface area contributed by atoms with Gasteiger partial charge in [-0.15, -0.1) is 0 Å². The van der Waals surface area contributed by atoms with Crippen molar-refractivity contribution in [3.63, 3.8) is 0 Å². The van der Waals surface area contributed by atoms with Crippen molar-refractivity contribution in [3.05, 3.63) is 23.8 Å². The van der Waals surface area contributed by atoms with Crippen LogP contribution in [0.5, 0.6) is 11.5 Å². The first kappa shape index (κ1) is 15.6. The topological polar surface area (TPSA) is 50.8 Å². The third kappa shape index (κ3) is 4.11. The molecule has 5 heteroatoms. The van der Waals surface area contributed by atoms with Crippen LogP contribution in [0.3, 0.4) is 0 Å². The van der Waals surface area contributed by atoms with E-state index >= 15 is 0 Å². The SMILES string of the molecule is COc1cc(C)ccc1OCCC(=O)N(C)[C@@H]1CCNC1. The number of hydrogen-bond donors (Lipinski definition) is 1. The maximum atomic E-state index is 12.1. The third-order valence-corrected chi connectivity index (χ3v) is 3.87. The van der Waals surface area contributed by atoms with Crippen LogP contribution < -0.4 is 14.8 Å². The zero-order chi connectivity index (χ0) is 15.2. The summed E-state index contributed by atoms with van der Waals surface area (Å²) in [5.41, 5.74) is 1.11. The predicted molar refractivity (Wildman–Crippen MR) is 81.9 cm³/mol. The van der Waals surface area contributed by atoms with Crippen molar-refractivity contribution in [2.75, 3.05) is 33.9 Å². The fourth-order valence-electron chi connectivity index (χ4n) is 2.49. The Morgan fingerprint density at radius 2 is 2.24 bits per heavy atom. The van der Waals surface area contributed by atoms with Gasteiger partial charge in [-0.3, -0.25) is 4.79 Å². The Bertz CT molecular complexity index is 484. The Morgan fingerprint density at radius 3 is 2.90 bits per heavy atom. The average molecular weight is 292 g/mol. The number of carbonyl (C=O) groups is 1. The predicted octanol–water partition coefficient (Wildman–Crippen LogP) is 1.59. The van der Waals surface area contributed by atoms with Crippen molar-refractivity contribution in [3.8, 4) is 11.5 Å². The van der Waals surface area contributed by atoms with E-state index in [1.807, 2.05) is 37.1 Å². The van der Waals surface area contributed by atoms with Gasteiger partial charge in [0.15, 0.2) is 11.5 Å². The zero-order valence-corrected chi connectivity index (χ0v) is 13.0. The summed E-state index contributed by atoms with van der Waals surface area (Å²) in [6.45, 7) is 4.23. The molecule has 0 bridgehead atoms. The van der Waals surface area contributed by atoms with E-state index < -0.39 is 0 Å². The van der Waals surface area contributed by atoms with Gasteiger partial charge in [-0.1, -0.05) is 6.07 Å². The molecule has 1 N–H and O–H groups in total. The molecule has 0 radical (unpaired) electrons. The summed E-state index contributed by atoms with van der Waals surface area (Å²) < 4.78 is 11.0. The minimum absolute atomic E-state index is 0.120. The van der Waals surface area contributed by atoms with Crippen LogP contribution >= 0.6 is 0 Å². The lowest BCUT2D eigenvalue weighted by atomic mass is 10.2. The molecule has 1 heterocycles. The Kier molecular flexibility index (Phi) is 5.44. The first-order valence-corrected chi connectivity index (χ1v) is 7.35. The molecule has 1 amide bonds. The summed E-state index contributed by atoms with van der Waals surface area (Å²) >= 11 is 0. The Morgan fingerprint density at radius 1 is 1.43 bits per heavy atom. The fourth-order valence-corrected chi connectivity index (χ4v) is 2.49. The minimum atomic E-state index is 0.120. The van der Waals surface area contributed by atoms with E-state index in [0.29, 0.717) is 30.6 Å². The quantitative estimate of drug-likeness (QED) is 0.865. The van der Waals surface area contributed by atoms with Gasteiger partial charge in [-0.25, -0.2) is 0 Å². The highest BCUT2D eigenvalue weighted by Crippen LogP contribution is 2.27. The van der Waals surface area contributed by atoms with E-state index in [1.165, 1.54) is 0 Å². The number of ether oxygens (including phenoxy) is 2. The maximum Gasteiger partial charge on any atom is 0.226 e.